The second kappa shape index (κ2) is 7.56. The average Bonchev–Trinajstić information content (AvgIpc) is 2.51. The molecule has 4 fully saturated rings. The summed E-state index contributed by atoms with van der Waals surface area (Å²) in [6.45, 7) is 6.27. The van der Waals surface area contributed by atoms with E-state index in [2.05, 4.69) is 43.4 Å². The van der Waals surface area contributed by atoms with Gasteiger partial charge in [0.05, 0.1) is 7.11 Å². The van der Waals surface area contributed by atoms with E-state index in [-0.39, 0.29) is 12.4 Å². The molecule has 0 radical (unpaired) electrons. The first kappa shape index (κ1) is 20.4. The Morgan fingerprint density at radius 2 is 1.69 bits per heavy atom. The molecular weight excluding hydrogens is 362 g/mol. The maximum atomic E-state index is 5.23. The maximum Gasteiger partial charge on any atom is 0.118 e. The van der Waals surface area contributed by atoms with Crippen LogP contribution in [0.1, 0.15) is 57.9 Å². The highest BCUT2D eigenvalue weighted by Crippen LogP contribution is 2.66. The van der Waals surface area contributed by atoms with Gasteiger partial charge < -0.3 is 10.1 Å². The molecule has 2 nitrogen and oxygen atoms in total. The second-order valence-corrected chi connectivity index (χ2v) is 10.8. The van der Waals surface area contributed by atoms with Crippen molar-refractivity contribution in [2.45, 2.75) is 63.7 Å². The fraction of sp³-hybridized carbons (Fsp3) is 0.727. The molecular formula is C22H34ClNOS. The zero-order valence-corrected chi connectivity index (χ0v) is 18.1. The Kier molecular flexibility index (Phi) is 5.92. The summed E-state index contributed by atoms with van der Waals surface area (Å²) in [5, 5.41) is 4.04. The van der Waals surface area contributed by atoms with Crippen LogP contribution in [0.2, 0.25) is 0 Å². The normalized spacial score (nSPS) is 37.4. The van der Waals surface area contributed by atoms with E-state index in [1.165, 1.54) is 49.8 Å². The van der Waals surface area contributed by atoms with Crippen LogP contribution in [0.25, 0.3) is 0 Å². The van der Waals surface area contributed by atoms with Crippen molar-refractivity contribution < 1.29 is 4.74 Å². The van der Waals surface area contributed by atoms with Crippen molar-refractivity contribution in [3.8, 4) is 5.75 Å². The molecule has 4 saturated carbocycles. The maximum absolute atomic E-state index is 5.23. The van der Waals surface area contributed by atoms with Gasteiger partial charge in [-0.2, -0.15) is 11.8 Å². The largest absolute Gasteiger partial charge is 0.497 e. The summed E-state index contributed by atoms with van der Waals surface area (Å²) in [4.78, 5) is 0. The lowest BCUT2D eigenvalue weighted by Gasteiger charge is -2.65. The molecule has 4 aliphatic rings. The van der Waals surface area contributed by atoms with Gasteiger partial charge in [-0.1, -0.05) is 26.0 Å². The van der Waals surface area contributed by atoms with Crippen LogP contribution in [-0.2, 0) is 5.75 Å². The number of hydrogen-bond donors (Lipinski definition) is 1. The van der Waals surface area contributed by atoms with Crippen molar-refractivity contribution in [1.29, 1.82) is 0 Å². The molecule has 4 bridgehead atoms. The highest BCUT2D eigenvalue weighted by atomic mass is 35.5. The van der Waals surface area contributed by atoms with E-state index < -0.39 is 0 Å². The Labute approximate surface area is 169 Å². The molecule has 0 amide bonds. The van der Waals surface area contributed by atoms with Gasteiger partial charge in [-0.3, -0.25) is 0 Å². The minimum atomic E-state index is 0. The van der Waals surface area contributed by atoms with Crippen molar-refractivity contribution in [3.63, 3.8) is 0 Å². The van der Waals surface area contributed by atoms with E-state index in [1.807, 2.05) is 11.8 Å². The van der Waals surface area contributed by atoms with E-state index in [0.717, 1.165) is 24.0 Å². The molecule has 0 spiro atoms. The van der Waals surface area contributed by atoms with Crippen molar-refractivity contribution >= 4 is 24.2 Å². The third kappa shape index (κ3) is 4.20. The minimum absolute atomic E-state index is 0. The van der Waals surface area contributed by atoms with E-state index in [4.69, 9.17) is 4.74 Å². The summed E-state index contributed by atoms with van der Waals surface area (Å²) in [6.07, 6.45) is 8.69. The summed E-state index contributed by atoms with van der Waals surface area (Å²) < 4.78 is 5.23. The summed E-state index contributed by atoms with van der Waals surface area (Å²) in [5.74, 6) is 4.22. The fourth-order valence-electron chi connectivity index (χ4n) is 6.94. The van der Waals surface area contributed by atoms with Crippen LogP contribution in [0.15, 0.2) is 24.3 Å². The van der Waals surface area contributed by atoms with Gasteiger partial charge in [0.25, 0.3) is 0 Å². The molecule has 2 unspecified atom stereocenters. The molecule has 4 aliphatic carbocycles. The van der Waals surface area contributed by atoms with Crippen molar-refractivity contribution in [2.75, 3.05) is 19.4 Å². The molecule has 4 heteroatoms. The Hall–Kier alpha value is -0.380. The van der Waals surface area contributed by atoms with Crippen LogP contribution < -0.4 is 10.1 Å². The third-order valence-electron chi connectivity index (χ3n) is 6.80. The summed E-state index contributed by atoms with van der Waals surface area (Å²) in [7, 11) is 1.72. The number of ether oxygens (including phenoxy) is 1. The van der Waals surface area contributed by atoms with Gasteiger partial charge >= 0.3 is 0 Å². The molecule has 5 rings (SSSR count). The zero-order valence-electron chi connectivity index (χ0n) is 16.5. The zero-order chi connectivity index (χ0) is 17.5. The number of hydrogen-bond acceptors (Lipinski definition) is 3. The molecule has 1 aromatic rings. The van der Waals surface area contributed by atoms with Crippen LogP contribution in [0.5, 0.6) is 5.75 Å². The first-order chi connectivity index (χ1) is 11.9. The van der Waals surface area contributed by atoms with E-state index in [9.17, 15) is 0 Å². The van der Waals surface area contributed by atoms with Gasteiger partial charge in [-0.15, -0.1) is 12.4 Å². The lowest BCUT2D eigenvalue weighted by Crippen LogP contribution is -2.64. The van der Waals surface area contributed by atoms with E-state index in [0.29, 0.717) is 16.4 Å². The Morgan fingerprint density at radius 3 is 2.27 bits per heavy atom. The van der Waals surface area contributed by atoms with Crippen LogP contribution in [0, 0.1) is 16.7 Å². The van der Waals surface area contributed by atoms with Crippen LogP contribution >= 0.6 is 24.2 Å². The topological polar surface area (TPSA) is 21.3 Å². The van der Waals surface area contributed by atoms with Gasteiger partial charge in [0, 0.05) is 23.6 Å². The molecule has 1 N–H and O–H groups in total. The fourth-order valence-corrected chi connectivity index (χ4v) is 7.76. The van der Waals surface area contributed by atoms with Crippen LogP contribution in [0.3, 0.4) is 0 Å². The predicted octanol–water partition coefficient (Wildman–Crippen LogP) is 5.69. The quantitative estimate of drug-likeness (QED) is 0.599. The molecule has 1 aromatic carbocycles. The third-order valence-corrected chi connectivity index (χ3v) is 7.83. The number of nitrogens with one attached hydrogen (secondary N) is 1. The monoisotopic (exact) mass is 395 g/mol. The Morgan fingerprint density at radius 1 is 1.04 bits per heavy atom. The summed E-state index contributed by atoms with van der Waals surface area (Å²) in [5.41, 5.74) is 3.05. The van der Waals surface area contributed by atoms with Gasteiger partial charge in [0.15, 0.2) is 0 Å². The van der Waals surface area contributed by atoms with Gasteiger partial charge in [0.1, 0.15) is 5.75 Å². The molecule has 0 aliphatic heterocycles. The summed E-state index contributed by atoms with van der Waals surface area (Å²) >= 11 is 2.04. The molecule has 0 saturated heterocycles. The van der Waals surface area contributed by atoms with Crippen LogP contribution in [-0.4, -0.2) is 24.9 Å². The SMILES string of the molecule is COc1ccc(CSCCNC23CC4CC(C)(CC(C)(C4)C2)C3)cc1.Cl. The number of halogens is 1. The average molecular weight is 396 g/mol. The first-order valence-corrected chi connectivity index (χ1v) is 11.0. The van der Waals surface area contributed by atoms with Crippen molar-refractivity contribution in [2.24, 2.45) is 16.7 Å². The van der Waals surface area contributed by atoms with E-state index >= 15 is 0 Å². The number of rotatable bonds is 7. The highest BCUT2D eigenvalue weighted by molar-refractivity contribution is 7.98. The predicted molar refractivity (Wildman–Crippen MR) is 115 cm³/mol. The van der Waals surface area contributed by atoms with Gasteiger partial charge in [-0.05, 0) is 73.0 Å². The van der Waals surface area contributed by atoms with E-state index in [1.54, 1.807) is 7.11 Å². The highest BCUT2D eigenvalue weighted by Gasteiger charge is 2.59. The second-order valence-electron chi connectivity index (χ2n) is 9.74. The Bertz CT molecular complexity index is 601. The van der Waals surface area contributed by atoms with Crippen LogP contribution in [0.4, 0.5) is 0 Å². The standard InChI is InChI=1S/C22H33NOS.ClH/c1-20-10-18-11-21(2,14-20)16-22(12-18,15-20)23-8-9-25-13-17-4-6-19(24-3)7-5-17;/h4-7,18,23H,8-16H2,1-3H3;1H. The number of thioether (sulfide) groups is 1. The van der Waals surface area contributed by atoms with Gasteiger partial charge in [0.2, 0.25) is 0 Å². The molecule has 0 aromatic heterocycles. The number of benzene rings is 1. The Balaban J connectivity index is 0.00000196. The smallest absolute Gasteiger partial charge is 0.118 e. The molecule has 0 heterocycles. The number of methoxy groups -OCH3 is 1. The lowest BCUT2D eigenvalue weighted by atomic mass is 9.43. The van der Waals surface area contributed by atoms with Crippen molar-refractivity contribution in [1.82, 2.24) is 5.32 Å². The summed E-state index contributed by atoms with van der Waals surface area (Å²) in [6, 6.07) is 8.48. The molecule has 2 atom stereocenters. The molecule has 146 valence electrons. The minimum Gasteiger partial charge on any atom is -0.497 e. The molecule has 26 heavy (non-hydrogen) atoms. The van der Waals surface area contributed by atoms with Gasteiger partial charge in [-0.25, -0.2) is 0 Å². The van der Waals surface area contributed by atoms with Crippen molar-refractivity contribution in [3.05, 3.63) is 29.8 Å². The first-order valence-electron chi connectivity index (χ1n) is 9.87. The lowest BCUT2D eigenvalue weighted by molar-refractivity contribution is -0.117.